The van der Waals surface area contributed by atoms with Gasteiger partial charge in [-0.2, -0.15) is 18.3 Å². The number of halogens is 3. The molecule has 30 heavy (non-hydrogen) atoms. The minimum atomic E-state index is -4.49. The van der Waals surface area contributed by atoms with Gasteiger partial charge in [0.1, 0.15) is 5.75 Å². The Morgan fingerprint density at radius 3 is 2.30 bits per heavy atom. The molecule has 0 atom stereocenters. The predicted octanol–water partition coefficient (Wildman–Crippen LogP) is 4.85. The highest BCUT2D eigenvalue weighted by Crippen LogP contribution is 2.31. The molecule has 2 aromatic heterocycles. The average molecular weight is 418 g/mol. The van der Waals surface area contributed by atoms with Crippen LogP contribution in [-0.2, 0) is 11.6 Å². The zero-order chi connectivity index (χ0) is 22.3. The Hall–Kier alpha value is -3.36. The Kier molecular flexibility index (Phi) is 5.32. The molecule has 3 aromatic rings. The molecule has 3 rings (SSSR count). The molecule has 0 bridgehead atoms. The lowest BCUT2D eigenvalue weighted by Crippen LogP contribution is -2.15. The van der Waals surface area contributed by atoms with E-state index in [1.54, 1.807) is 19.1 Å². The second-order valence-corrected chi connectivity index (χ2v) is 7.89. The monoisotopic (exact) mass is 418 g/mol. The molecule has 158 valence electrons. The van der Waals surface area contributed by atoms with Crippen molar-refractivity contribution in [3.63, 3.8) is 0 Å². The van der Waals surface area contributed by atoms with Crippen LogP contribution < -0.4 is 5.32 Å². The Morgan fingerprint density at radius 2 is 1.73 bits per heavy atom. The van der Waals surface area contributed by atoms with Crippen molar-refractivity contribution in [2.24, 2.45) is 0 Å². The lowest BCUT2D eigenvalue weighted by atomic mass is 9.87. The first kappa shape index (κ1) is 21.4. The lowest BCUT2D eigenvalue weighted by Gasteiger charge is -2.20. The summed E-state index contributed by atoms with van der Waals surface area (Å²) in [6.45, 7) is 7.63. The summed E-state index contributed by atoms with van der Waals surface area (Å²) in [5.41, 5.74) is 0.735. The Morgan fingerprint density at radius 1 is 1.07 bits per heavy atom. The summed E-state index contributed by atoms with van der Waals surface area (Å²) >= 11 is 0. The van der Waals surface area contributed by atoms with Gasteiger partial charge in [-0.25, -0.2) is 9.67 Å². The van der Waals surface area contributed by atoms with Crippen LogP contribution in [0.3, 0.4) is 0 Å². The van der Waals surface area contributed by atoms with Crippen LogP contribution in [0.2, 0.25) is 0 Å². The first-order valence-corrected chi connectivity index (χ1v) is 9.11. The molecular formula is C21H21F3N4O2. The number of anilines is 1. The summed E-state index contributed by atoms with van der Waals surface area (Å²) in [4.78, 5) is 16.5. The molecule has 0 spiro atoms. The third-order valence-corrected chi connectivity index (χ3v) is 4.66. The molecule has 0 fully saturated rings. The number of phenolic OH excluding ortho intramolecular Hbond substituents is 1. The lowest BCUT2D eigenvalue weighted by molar-refractivity contribution is -0.137. The number of aromatic nitrogens is 3. The molecule has 0 saturated carbocycles. The van der Waals surface area contributed by atoms with Crippen molar-refractivity contribution < 1.29 is 23.1 Å². The number of aromatic hydroxyl groups is 1. The van der Waals surface area contributed by atoms with Crippen molar-refractivity contribution in [3.8, 4) is 11.6 Å². The van der Waals surface area contributed by atoms with Crippen LogP contribution in [-0.4, -0.2) is 25.8 Å². The normalized spacial score (nSPS) is 12.1. The van der Waals surface area contributed by atoms with E-state index in [1.807, 2.05) is 20.8 Å². The number of phenols is 1. The van der Waals surface area contributed by atoms with Gasteiger partial charge in [0, 0.05) is 6.20 Å². The van der Waals surface area contributed by atoms with Crippen molar-refractivity contribution in [1.82, 2.24) is 14.8 Å². The quantitative estimate of drug-likeness (QED) is 0.596. The minimum absolute atomic E-state index is 0.0780. The van der Waals surface area contributed by atoms with E-state index >= 15 is 0 Å². The number of benzene rings is 1. The SMILES string of the molecule is Cc1c(C(=O)Nc2cc(C(C)(C)C)ccc2O)cnn1-c1ccc(C(F)(F)F)cn1. The molecule has 6 nitrogen and oxygen atoms in total. The third kappa shape index (κ3) is 4.29. The molecule has 2 heterocycles. The van der Waals surface area contributed by atoms with E-state index in [0.717, 1.165) is 11.6 Å². The maximum absolute atomic E-state index is 12.7. The van der Waals surface area contributed by atoms with Crippen molar-refractivity contribution in [1.29, 1.82) is 0 Å². The molecule has 0 aliphatic carbocycles. The largest absolute Gasteiger partial charge is 0.506 e. The van der Waals surface area contributed by atoms with Gasteiger partial charge in [0.05, 0.1) is 28.7 Å². The molecule has 9 heteroatoms. The number of hydrogen-bond donors (Lipinski definition) is 2. The molecular weight excluding hydrogens is 397 g/mol. The summed E-state index contributed by atoms with van der Waals surface area (Å²) in [5, 5.41) is 16.8. The van der Waals surface area contributed by atoms with Crippen molar-refractivity contribution >= 4 is 11.6 Å². The van der Waals surface area contributed by atoms with Gasteiger partial charge in [-0.1, -0.05) is 26.8 Å². The average Bonchev–Trinajstić information content (AvgIpc) is 3.03. The van der Waals surface area contributed by atoms with Crippen LogP contribution in [0.1, 0.15) is 48.0 Å². The third-order valence-electron chi connectivity index (χ3n) is 4.66. The molecule has 1 aromatic carbocycles. The summed E-state index contributed by atoms with van der Waals surface area (Å²) in [6.07, 6.45) is -2.47. The Bertz CT molecular complexity index is 1080. The molecule has 0 aliphatic heterocycles. The Labute approximate surface area is 171 Å². The number of nitrogens with zero attached hydrogens (tertiary/aromatic N) is 3. The van der Waals surface area contributed by atoms with Crippen LogP contribution >= 0.6 is 0 Å². The molecule has 0 aliphatic rings. The zero-order valence-corrected chi connectivity index (χ0v) is 16.9. The number of nitrogens with one attached hydrogen (secondary N) is 1. The smallest absolute Gasteiger partial charge is 0.417 e. The van der Waals surface area contributed by atoms with E-state index in [4.69, 9.17) is 0 Å². The zero-order valence-electron chi connectivity index (χ0n) is 16.9. The summed E-state index contributed by atoms with van der Waals surface area (Å²) in [6, 6.07) is 7.08. The van der Waals surface area contributed by atoms with E-state index in [0.29, 0.717) is 11.9 Å². The van der Waals surface area contributed by atoms with E-state index in [2.05, 4.69) is 15.4 Å². The van der Waals surface area contributed by atoms with Gasteiger partial charge in [-0.3, -0.25) is 4.79 Å². The highest BCUT2D eigenvalue weighted by Gasteiger charge is 2.31. The predicted molar refractivity (Wildman–Crippen MR) is 106 cm³/mol. The number of hydrogen-bond acceptors (Lipinski definition) is 4. The van der Waals surface area contributed by atoms with E-state index in [9.17, 15) is 23.1 Å². The number of rotatable bonds is 3. The molecule has 0 radical (unpaired) electrons. The highest BCUT2D eigenvalue weighted by atomic mass is 19.4. The highest BCUT2D eigenvalue weighted by molar-refractivity contribution is 6.05. The second-order valence-electron chi connectivity index (χ2n) is 7.89. The molecule has 0 unspecified atom stereocenters. The maximum Gasteiger partial charge on any atom is 0.417 e. The van der Waals surface area contributed by atoms with Gasteiger partial charge < -0.3 is 10.4 Å². The second kappa shape index (κ2) is 7.47. The first-order valence-electron chi connectivity index (χ1n) is 9.11. The standard InChI is InChI=1S/C21H21F3N4O2/c1-12-15(11-26-28(12)18-8-6-14(10-25-18)21(22,23)24)19(30)27-16-9-13(20(2,3)4)5-7-17(16)29/h5-11,29H,1-4H3,(H,27,30). The van der Waals surface area contributed by atoms with Crippen LogP contribution in [0.25, 0.3) is 5.82 Å². The first-order chi connectivity index (χ1) is 13.9. The molecule has 1 amide bonds. The van der Waals surface area contributed by atoms with Crippen LogP contribution in [0, 0.1) is 6.92 Å². The van der Waals surface area contributed by atoms with Crippen molar-refractivity contribution in [2.75, 3.05) is 5.32 Å². The number of carbonyl (C=O) groups is 1. The van der Waals surface area contributed by atoms with Gasteiger partial charge >= 0.3 is 6.18 Å². The van der Waals surface area contributed by atoms with Gasteiger partial charge in [0.2, 0.25) is 0 Å². The fourth-order valence-electron chi connectivity index (χ4n) is 2.83. The minimum Gasteiger partial charge on any atom is -0.506 e. The van der Waals surface area contributed by atoms with E-state index in [1.165, 1.54) is 23.0 Å². The molecule has 2 N–H and O–H groups in total. The topological polar surface area (TPSA) is 80.0 Å². The number of carbonyl (C=O) groups excluding carboxylic acids is 1. The molecule has 0 saturated heterocycles. The number of alkyl halides is 3. The number of pyridine rings is 1. The summed E-state index contributed by atoms with van der Waals surface area (Å²) in [5.74, 6) is -0.435. The van der Waals surface area contributed by atoms with Crippen LogP contribution in [0.5, 0.6) is 5.75 Å². The number of amides is 1. The maximum atomic E-state index is 12.7. The summed E-state index contributed by atoms with van der Waals surface area (Å²) < 4.78 is 39.4. The van der Waals surface area contributed by atoms with Gasteiger partial charge in [-0.15, -0.1) is 0 Å². The fourth-order valence-corrected chi connectivity index (χ4v) is 2.83. The van der Waals surface area contributed by atoms with Crippen molar-refractivity contribution in [3.05, 3.63) is 65.1 Å². The summed E-state index contributed by atoms with van der Waals surface area (Å²) in [7, 11) is 0. The fraction of sp³-hybridized carbons (Fsp3) is 0.286. The van der Waals surface area contributed by atoms with Crippen LogP contribution in [0.4, 0.5) is 18.9 Å². The van der Waals surface area contributed by atoms with Gasteiger partial charge in [0.25, 0.3) is 5.91 Å². The van der Waals surface area contributed by atoms with Crippen molar-refractivity contribution in [2.45, 2.75) is 39.3 Å². The van der Waals surface area contributed by atoms with E-state index < -0.39 is 17.6 Å². The Balaban J connectivity index is 1.87. The van der Waals surface area contributed by atoms with Gasteiger partial charge in [0.15, 0.2) is 5.82 Å². The van der Waals surface area contributed by atoms with E-state index in [-0.39, 0.29) is 28.2 Å². The van der Waals surface area contributed by atoms with Gasteiger partial charge in [-0.05, 0) is 42.2 Å². The van der Waals surface area contributed by atoms with Crippen LogP contribution in [0.15, 0.2) is 42.7 Å².